The van der Waals surface area contributed by atoms with Gasteiger partial charge in [0, 0.05) is 18.4 Å². The highest BCUT2D eigenvalue weighted by Gasteiger charge is 2.49. The summed E-state index contributed by atoms with van der Waals surface area (Å²) >= 11 is 0. The van der Waals surface area contributed by atoms with Crippen molar-refractivity contribution in [1.82, 2.24) is 0 Å². The fourth-order valence-electron chi connectivity index (χ4n) is 5.01. The Morgan fingerprint density at radius 3 is 1.96 bits per heavy atom. The van der Waals surface area contributed by atoms with Crippen molar-refractivity contribution in [2.45, 2.75) is 96.9 Å². The van der Waals surface area contributed by atoms with E-state index in [1.165, 1.54) is 0 Å². The lowest BCUT2D eigenvalue weighted by atomic mass is 9.92. The van der Waals surface area contributed by atoms with Crippen molar-refractivity contribution in [3.8, 4) is 0 Å². The fraction of sp³-hybridized carbons (Fsp3) is 0.857. The summed E-state index contributed by atoms with van der Waals surface area (Å²) in [7, 11) is -2.09. The third-order valence-electron chi connectivity index (χ3n) is 6.28. The van der Waals surface area contributed by atoms with Gasteiger partial charge in [-0.3, -0.25) is 0 Å². The van der Waals surface area contributed by atoms with Crippen molar-refractivity contribution < 1.29 is 23.4 Å². The lowest BCUT2D eigenvalue weighted by Gasteiger charge is -2.46. The van der Waals surface area contributed by atoms with Crippen molar-refractivity contribution in [3.05, 3.63) is 11.6 Å². The van der Waals surface area contributed by atoms with Gasteiger partial charge in [-0.25, -0.2) is 4.79 Å². The Bertz CT molecular complexity index is 515. The zero-order valence-corrected chi connectivity index (χ0v) is 19.3. The van der Waals surface area contributed by atoms with Crippen molar-refractivity contribution in [2.24, 2.45) is 5.92 Å². The molecule has 0 aromatic rings. The molecule has 2 aliphatic heterocycles. The summed E-state index contributed by atoms with van der Waals surface area (Å²) in [6, 6.07) is 0. The molecule has 2 aliphatic rings. The van der Waals surface area contributed by atoms with Crippen molar-refractivity contribution in [2.75, 3.05) is 13.2 Å². The van der Waals surface area contributed by atoms with Gasteiger partial charge in [0.1, 0.15) is 6.10 Å². The SMILES string of the molecule is CC1=CC(=O)O[C@@H]1[C@@H](C)[C@H](CC1OCCO1)O[Si](C(C)C)(C(C)C)C(C)C. The van der Waals surface area contributed by atoms with Gasteiger partial charge in [-0.15, -0.1) is 0 Å². The highest BCUT2D eigenvalue weighted by molar-refractivity contribution is 6.77. The van der Waals surface area contributed by atoms with E-state index in [0.717, 1.165) is 5.57 Å². The fourth-order valence-corrected chi connectivity index (χ4v) is 10.7. The van der Waals surface area contributed by atoms with Gasteiger partial charge in [0.05, 0.1) is 19.3 Å². The van der Waals surface area contributed by atoms with E-state index in [1.54, 1.807) is 6.08 Å². The van der Waals surface area contributed by atoms with Crippen LogP contribution >= 0.6 is 0 Å². The molecule has 0 amide bonds. The van der Waals surface area contributed by atoms with E-state index in [4.69, 9.17) is 18.6 Å². The zero-order valence-electron chi connectivity index (χ0n) is 18.3. The van der Waals surface area contributed by atoms with Gasteiger partial charge in [0.15, 0.2) is 6.29 Å². The molecule has 156 valence electrons. The predicted octanol–water partition coefficient (Wildman–Crippen LogP) is 4.82. The molecule has 0 saturated carbocycles. The quantitative estimate of drug-likeness (QED) is 0.412. The van der Waals surface area contributed by atoms with Gasteiger partial charge >= 0.3 is 5.97 Å². The van der Waals surface area contributed by atoms with Crippen molar-refractivity contribution in [1.29, 1.82) is 0 Å². The van der Waals surface area contributed by atoms with Gasteiger partial charge in [-0.05, 0) is 29.1 Å². The van der Waals surface area contributed by atoms with Gasteiger partial charge in [-0.2, -0.15) is 0 Å². The number of ether oxygens (including phenoxy) is 3. The highest BCUT2D eigenvalue weighted by atomic mass is 28.4. The second-order valence-corrected chi connectivity index (χ2v) is 14.4. The van der Waals surface area contributed by atoms with Crippen LogP contribution < -0.4 is 0 Å². The van der Waals surface area contributed by atoms with Gasteiger partial charge in [0.2, 0.25) is 8.32 Å². The maximum atomic E-state index is 11.8. The summed E-state index contributed by atoms with van der Waals surface area (Å²) in [5.74, 6) is -0.208. The van der Waals surface area contributed by atoms with Crippen LogP contribution in [0.1, 0.15) is 61.8 Å². The molecule has 0 aromatic carbocycles. The number of cyclic esters (lactones) is 1. The summed E-state index contributed by atoms with van der Waals surface area (Å²) in [6.45, 7) is 19.1. The molecule has 0 N–H and O–H groups in total. The van der Waals surface area contributed by atoms with Crippen molar-refractivity contribution in [3.63, 3.8) is 0 Å². The van der Waals surface area contributed by atoms with Crippen LogP contribution in [0, 0.1) is 5.92 Å². The van der Waals surface area contributed by atoms with Crippen LogP contribution in [0.25, 0.3) is 0 Å². The van der Waals surface area contributed by atoms with E-state index in [1.807, 2.05) is 6.92 Å². The Balaban J connectivity index is 2.30. The Hall–Kier alpha value is -0.693. The third-order valence-corrected chi connectivity index (χ3v) is 12.4. The average Bonchev–Trinajstić information content (AvgIpc) is 3.18. The van der Waals surface area contributed by atoms with E-state index in [0.29, 0.717) is 36.3 Å². The number of hydrogen-bond donors (Lipinski definition) is 0. The van der Waals surface area contributed by atoms with E-state index in [-0.39, 0.29) is 30.4 Å². The first-order chi connectivity index (χ1) is 12.6. The molecule has 5 nitrogen and oxygen atoms in total. The van der Waals surface area contributed by atoms with Crippen LogP contribution in [-0.2, 0) is 23.4 Å². The summed E-state index contributed by atoms with van der Waals surface area (Å²) in [5, 5.41) is 0. The van der Waals surface area contributed by atoms with E-state index < -0.39 is 8.32 Å². The molecule has 27 heavy (non-hydrogen) atoms. The van der Waals surface area contributed by atoms with Gasteiger partial charge in [0.25, 0.3) is 0 Å². The van der Waals surface area contributed by atoms with E-state index in [9.17, 15) is 4.79 Å². The monoisotopic (exact) mass is 398 g/mol. The number of rotatable bonds is 9. The highest BCUT2D eigenvalue weighted by Crippen LogP contribution is 2.45. The second kappa shape index (κ2) is 9.20. The molecule has 1 fully saturated rings. The zero-order chi connectivity index (χ0) is 20.4. The lowest BCUT2D eigenvalue weighted by molar-refractivity contribution is -0.143. The molecule has 2 rings (SSSR count). The van der Waals surface area contributed by atoms with Crippen LogP contribution in [-0.4, -0.2) is 46.0 Å². The van der Waals surface area contributed by atoms with Crippen LogP contribution in [0.4, 0.5) is 0 Å². The third kappa shape index (κ3) is 4.84. The molecular formula is C21H38O5Si. The summed E-state index contributed by atoms with van der Waals surface area (Å²) in [5.41, 5.74) is 2.43. The maximum absolute atomic E-state index is 11.8. The molecule has 0 bridgehead atoms. The smallest absolute Gasteiger partial charge is 0.331 e. The Morgan fingerprint density at radius 1 is 1.04 bits per heavy atom. The van der Waals surface area contributed by atoms with Crippen LogP contribution in [0.15, 0.2) is 11.6 Å². The Labute approximate surface area is 165 Å². The minimum absolute atomic E-state index is 0.0450. The first-order valence-electron chi connectivity index (χ1n) is 10.4. The number of hydrogen-bond acceptors (Lipinski definition) is 5. The Morgan fingerprint density at radius 2 is 1.56 bits per heavy atom. The topological polar surface area (TPSA) is 54.0 Å². The summed E-state index contributed by atoms with van der Waals surface area (Å²) in [6.07, 6.45) is 1.72. The maximum Gasteiger partial charge on any atom is 0.331 e. The first-order valence-corrected chi connectivity index (χ1v) is 12.5. The molecule has 0 radical (unpaired) electrons. The Kier molecular flexibility index (Phi) is 7.70. The van der Waals surface area contributed by atoms with Gasteiger partial charge in [-0.1, -0.05) is 48.5 Å². The van der Waals surface area contributed by atoms with Crippen LogP contribution in [0.5, 0.6) is 0 Å². The molecule has 0 spiro atoms. The second-order valence-electron chi connectivity index (χ2n) is 8.99. The van der Waals surface area contributed by atoms with Gasteiger partial charge < -0.3 is 18.6 Å². The predicted molar refractivity (Wildman–Crippen MR) is 109 cm³/mol. The molecule has 0 unspecified atom stereocenters. The van der Waals surface area contributed by atoms with Crippen LogP contribution in [0.2, 0.25) is 16.6 Å². The molecule has 0 aliphatic carbocycles. The lowest BCUT2D eigenvalue weighted by Crippen LogP contribution is -2.53. The normalized spacial score (nSPS) is 24.0. The molecule has 0 aromatic heterocycles. The molecular weight excluding hydrogens is 360 g/mol. The van der Waals surface area contributed by atoms with Crippen molar-refractivity contribution >= 4 is 14.3 Å². The van der Waals surface area contributed by atoms with E-state index in [2.05, 4.69) is 48.5 Å². The number of carbonyl (C=O) groups is 1. The summed E-state index contributed by atoms with van der Waals surface area (Å²) < 4.78 is 24.2. The standard InChI is InChI=1S/C21H38O5Si/c1-13(2)27(14(3)4,15(5)6)26-18(12-20-23-9-10-24-20)17(8)21-16(7)11-19(22)25-21/h11,13-15,17-18,20-21H,9-10,12H2,1-8H3/t17-,18-,21-/m0/s1. The first kappa shape index (κ1) is 22.6. The molecule has 6 heteroatoms. The average molecular weight is 399 g/mol. The minimum Gasteiger partial charge on any atom is -0.454 e. The van der Waals surface area contributed by atoms with Crippen LogP contribution in [0.3, 0.4) is 0 Å². The van der Waals surface area contributed by atoms with E-state index >= 15 is 0 Å². The molecule has 1 saturated heterocycles. The minimum atomic E-state index is -2.09. The number of carbonyl (C=O) groups excluding carboxylic acids is 1. The summed E-state index contributed by atoms with van der Waals surface area (Å²) in [4.78, 5) is 11.8. The number of esters is 1. The molecule has 2 heterocycles. The largest absolute Gasteiger partial charge is 0.454 e. The molecule has 3 atom stereocenters.